The number of nitrogens with two attached hydrogens (primary N) is 1. The molecule has 1 atom stereocenters. The van der Waals surface area contributed by atoms with Gasteiger partial charge in [-0.3, -0.25) is 4.79 Å². The Bertz CT molecular complexity index is 491. The van der Waals surface area contributed by atoms with E-state index in [1.165, 1.54) is 12.4 Å². The molecule has 8 heteroatoms. The molecule has 0 spiro atoms. The summed E-state index contributed by atoms with van der Waals surface area (Å²) in [5.41, 5.74) is 0.555. The van der Waals surface area contributed by atoms with E-state index in [4.69, 9.17) is 14.6 Å². The Labute approximate surface area is 134 Å². The van der Waals surface area contributed by atoms with Gasteiger partial charge in [0.1, 0.15) is 11.8 Å². The number of aliphatic hydroxyl groups excluding tert-OH is 1. The fourth-order valence-electron chi connectivity index (χ4n) is 1.87. The normalized spacial score (nSPS) is 11.7. The van der Waals surface area contributed by atoms with Crippen molar-refractivity contribution in [3.8, 4) is 5.75 Å². The van der Waals surface area contributed by atoms with E-state index in [-0.39, 0.29) is 26.2 Å². The van der Waals surface area contributed by atoms with Crippen molar-refractivity contribution in [1.82, 2.24) is 0 Å². The average molecular weight is 326 g/mol. The summed E-state index contributed by atoms with van der Waals surface area (Å²) in [5.74, 6) is -1.07. The van der Waals surface area contributed by atoms with Gasteiger partial charge >= 0.3 is 0 Å². The van der Waals surface area contributed by atoms with Crippen molar-refractivity contribution in [2.45, 2.75) is 12.5 Å². The van der Waals surface area contributed by atoms with Gasteiger partial charge in [0.15, 0.2) is 0 Å². The van der Waals surface area contributed by atoms with Gasteiger partial charge in [-0.05, 0) is 24.3 Å². The highest BCUT2D eigenvalue weighted by molar-refractivity contribution is 5.93. The van der Waals surface area contributed by atoms with Gasteiger partial charge in [0.25, 0.3) is 0 Å². The molecule has 128 valence electrons. The minimum Gasteiger partial charge on any atom is -0.544 e. The van der Waals surface area contributed by atoms with Crippen molar-refractivity contribution in [2.75, 3.05) is 38.8 Å². The van der Waals surface area contributed by atoms with Gasteiger partial charge in [-0.1, -0.05) is 0 Å². The predicted molar refractivity (Wildman–Crippen MR) is 79.7 cm³/mol. The molecule has 23 heavy (non-hydrogen) atoms. The molecule has 0 aliphatic rings. The number of amides is 1. The lowest BCUT2D eigenvalue weighted by Crippen LogP contribution is -2.94. The monoisotopic (exact) mass is 326 g/mol. The predicted octanol–water partition coefficient (Wildman–Crippen LogP) is -2.29. The van der Waals surface area contributed by atoms with Crippen LogP contribution in [0.5, 0.6) is 5.75 Å². The number of anilines is 1. The Balaban J connectivity index is 2.42. The standard InChI is InChI=1S/C15H22N2O6/c1-22-12-4-2-11(3-5-12)17-14(19)10-13(15(20)21)16-6-8-23-9-7-18/h2-5,13,16,18H,6-10H2,1H3,(H,17,19)(H,20,21)/t13-/m1/s1. The first-order chi connectivity index (χ1) is 11.1. The van der Waals surface area contributed by atoms with Crippen molar-refractivity contribution in [3.05, 3.63) is 24.3 Å². The van der Waals surface area contributed by atoms with Gasteiger partial charge in [-0.25, -0.2) is 0 Å². The van der Waals surface area contributed by atoms with Gasteiger partial charge in [-0.2, -0.15) is 0 Å². The zero-order valence-electron chi connectivity index (χ0n) is 13.0. The lowest BCUT2D eigenvalue weighted by atomic mass is 10.2. The molecule has 1 aromatic rings. The largest absolute Gasteiger partial charge is 0.544 e. The van der Waals surface area contributed by atoms with Crippen LogP contribution in [-0.2, 0) is 14.3 Å². The van der Waals surface area contributed by atoms with E-state index in [9.17, 15) is 14.7 Å². The molecule has 1 aromatic carbocycles. The molecule has 0 aliphatic heterocycles. The zero-order valence-corrected chi connectivity index (χ0v) is 13.0. The van der Waals surface area contributed by atoms with Crippen molar-refractivity contribution in [3.63, 3.8) is 0 Å². The molecule has 0 radical (unpaired) electrons. The maximum Gasteiger partial charge on any atom is 0.230 e. The fourth-order valence-corrected chi connectivity index (χ4v) is 1.87. The number of carbonyl (C=O) groups is 2. The number of methoxy groups -OCH3 is 1. The van der Waals surface area contributed by atoms with Crippen LogP contribution in [0.25, 0.3) is 0 Å². The third kappa shape index (κ3) is 7.59. The molecule has 0 aromatic heterocycles. The molecule has 8 nitrogen and oxygen atoms in total. The second-order valence-electron chi connectivity index (χ2n) is 4.77. The maximum absolute atomic E-state index is 11.9. The number of aliphatic hydroxyl groups is 1. The van der Waals surface area contributed by atoms with Gasteiger partial charge < -0.3 is 35.1 Å². The first-order valence-corrected chi connectivity index (χ1v) is 7.23. The number of hydrogen-bond acceptors (Lipinski definition) is 6. The Morgan fingerprint density at radius 1 is 1.30 bits per heavy atom. The molecule has 4 N–H and O–H groups in total. The van der Waals surface area contributed by atoms with Crippen molar-refractivity contribution in [1.29, 1.82) is 0 Å². The van der Waals surface area contributed by atoms with Gasteiger partial charge in [-0.15, -0.1) is 0 Å². The third-order valence-electron chi connectivity index (χ3n) is 3.03. The summed E-state index contributed by atoms with van der Waals surface area (Å²) in [5, 5.41) is 23.7. The van der Waals surface area contributed by atoms with Crippen molar-refractivity contribution >= 4 is 17.6 Å². The number of nitrogens with one attached hydrogen (secondary N) is 1. The van der Waals surface area contributed by atoms with Crippen LogP contribution in [0.2, 0.25) is 0 Å². The molecule has 0 bridgehead atoms. The first kappa shape index (κ1) is 18.9. The van der Waals surface area contributed by atoms with Crippen LogP contribution < -0.4 is 20.5 Å². The summed E-state index contributed by atoms with van der Waals surface area (Å²) in [6.07, 6.45) is -0.214. The highest BCUT2D eigenvalue weighted by Crippen LogP contribution is 2.15. The number of hydrogen-bond donors (Lipinski definition) is 3. The Morgan fingerprint density at radius 2 is 2.00 bits per heavy atom. The number of carboxylic acid groups (broad SMARTS) is 1. The van der Waals surface area contributed by atoms with Crippen LogP contribution in [0.15, 0.2) is 24.3 Å². The number of aliphatic carboxylic acids is 1. The van der Waals surface area contributed by atoms with E-state index in [0.717, 1.165) is 0 Å². The maximum atomic E-state index is 11.9. The van der Waals surface area contributed by atoms with Gasteiger partial charge in [0, 0.05) is 5.69 Å². The number of carboxylic acids is 1. The molecule has 0 heterocycles. The van der Waals surface area contributed by atoms with E-state index < -0.39 is 17.9 Å². The lowest BCUT2D eigenvalue weighted by molar-refractivity contribution is -0.683. The minimum atomic E-state index is -1.31. The summed E-state index contributed by atoms with van der Waals surface area (Å²) >= 11 is 0. The van der Waals surface area contributed by atoms with E-state index >= 15 is 0 Å². The van der Waals surface area contributed by atoms with Crippen molar-refractivity contribution in [2.24, 2.45) is 0 Å². The molecule has 0 fully saturated rings. The molecule has 0 saturated carbocycles. The second kappa shape index (κ2) is 10.5. The molecule has 0 unspecified atom stereocenters. The Kier molecular flexibility index (Phi) is 8.66. The van der Waals surface area contributed by atoms with Gasteiger partial charge in [0.05, 0.1) is 45.9 Å². The summed E-state index contributed by atoms with van der Waals surface area (Å²) in [7, 11) is 1.54. The fraction of sp³-hybridized carbons (Fsp3) is 0.467. The lowest BCUT2D eigenvalue weighted by Gasteiger charge is -2.16. The van der Waals surface area contributed by atoms with Crippen LogP contribution in [-0.4, -0.2) is 56.5 Å². The van der Waals surface area contributed by atoms with E-state index in [0.29, 0.717) is 18.0 Å². The number of benzene rings is 1. The van der Waals surface area contributed by atoms with Crippen molar-refractivity contribution < 1.29 is 34.6 Å². The van der Waals surface area contributed by atoms with Crippen LogP contribution in [0.3, 0.4) is 0 Å². The van der Waals surface area contributed by atoms with Gasteiger partial charge in [0.2, 0.25) is 5.91 Å². The summed E-state index contributed by atoms with van der Waals surface area (Å²) in [6.45, 7) is 0.745. The van der Waals surface area contributed by atoms with Crippen LogP contribution in [0, 0.1) is 0 Å². The molecule has 1 rings (SSSR count). The third-order valence-corrected chi connectivity index (χ3v) is 3.03. The highest BCUT2D eigenvalue weighted by atomic mass is 16.5. The average Bonchev–Trinajstić information content (AvgIpc) is 2.54. The molecular weight excluding hydrogens is 304 g/mol. The second-order valence-corrected chi connectivity index (χ2v) is 4.77. The number of ether oxygens (including phenoxy) is 2. The Morgan fingerprint density at radius 3 is 2.57 bits per heavy atom. The highest BCUT2D eigenvalue weighted by Gasteiger charge is 2.18. The van der Waals surface area contributed by atoms with Crippen LogP contribution >= 0.6 is 0 Å². The molecule has 0 saturated heterocycles. The smallest absolute Gasteiger partial charge is 0.230 e. The van der Waals surface area contributed by atoms with Crippen LogP contribution in [0.1, 0.15) is 6.42 Å². The molecule has 0 aliphatic carbocycles. The van der Waals surface area contributed by atoms with E-state index in [1.54, 1.807) is 24.3 Å². The SMILES string of the molecule is COc1ccc(NC(=O)C[C@@H]([NH2+]CCOCCO)C(=O)[O-])cc1. The summed E-state index contributed by atoms with van der Waals surface area (Å²) < 4.78 is 10.0. The van der Waals surface area contributed by atoms with E-state index in [1.807, 2.05) is 0 Å². The minimum absolute atomic E-state index is 0.0891. The first-order valence-electron chi connectivity index (χ1n) is 7.23. The number of rotatable bonds is 11. The summed E-state index contributed by atoms with van der Waals surface area (Å²) in [6, 6.07) is 5.72. The Hall–Kier alpha value is -2.16. The number of carbonyl (C=O) groups excluding carboxylic acids is 2. The molecular formula is C15H22N2O6. The number of quaternary nitrogens is 1. The summed E-state index contributed by atoms with van der Waals surface area (Å²) in [4.78, 5) is 23.0. The zero-order chi connectivity index (χ0) is 17.1. The van der Waals surface area contributed by atoms with E-state index in [2.05, 4.69) is 5.32 Å². The molecule has 1 amide bonds. The quantitative estimate of drug-likeness (QED) is 0.393. The van der Waals surface area contributed by atoms with Crippen LogP contribution in [0.4, 0.5) is 5.69 Å². The topological polar surface area (TPSA) is 125 Å².